The Kier molecular flexibility index (Phi) is 4.81. The van der Waals surface area contributed by atoms with Gasteiger partial charge in [0.1, 0.15) is 0 Å². The molecular weight excluding hydrogens is 180 g/mol. The first-order valence-corrected chi connectivity index (χ1v) is 5.36. The Morgan fingerprint density at radius 3 is 2.50 bits per heavy atom. The molecule has 1 rings (SSSR count). The molecule has 1 heterocycles. The fourth-order valence-electron chi connectivity index (χ4n) is 2.02. The van der Waals surface area contributed by atoms with Crippen LogP contribution in [0.2, 0.25) is 0 Å². The summed E-state index contributed by atoms with van der Waals surface area (Å²) >= 11 is 0. The Bertz CT molecular complexity index is 156. The zero-order valence-electron chi connectivity index (χ0n) is 9.15. The largest absolute Gasteiger partial charge is 0.396 e. The minimum atomic E-state index is 0.0810. The third-order valence-electron chi connectivity index (χ3n) is 2.49. The molecule has 1 fully saturated rings. The summed E-state index contributed by atoms with van der Waals surface area (Å²) in [6, 6.07) is 0.0810. The topological polar surface area (TPSA) is 58.7 Å². The average molecular weight is 202 g/mol. The first-order valence-electron chi connectivity index (χ1n) is 5.36. The van der Waals surface area contributed by atoms with Crippen LogP contribution in [0.5, 0.6) is 0 Å². The van der Waals surface area contributed by atoms with E-state index in [9.17, 15) is 0 Å². The highest BCUT2D eigenvalue weighted by Gasteiger charge is 2.22. The van der Waals surface area contributed by atoms with Crippen LogP contribution >= 0.6 is 0 Å². The Hall–Kier alpha value is -0.160. The predicted octanol–water partition coefficient (Wildman–Crippen LogP) is -0.195. The number of aliphatic hydroxyl groups is 1. The second-order valence-corrected chi connectivity index (χ2v) is 4.25. The van der Waals surface area contributed by atoms with Gasteiger partial charge in [-0.3, -0.25) is 4.90 Å². The molecule has 0 aromatic rings. The maximum atomic E-state index is 8.75. The maximum absolute atomic E-state index is 8.75. The van der Waals surface area contributed by atoms with Gasteiger partial charge in [0.25, 0.3) is 0 Å². The molecule has 0 aliphatic carbocycles. The second kappa shape index (κ2) is 5.66. The quantitative estimate of drug-likeness (QED) is 0.663. The minimum absolute atomic E-state index is 0.0810. The monoisotopic (exact) mass is 202 g/mol. The van der Waals surface area contributed by atoms with Gasteiger partial charge in [0.05, 0.1) is 12.2 Å². The van der Waals surface area contributed by atoms with E-state index in [2.05, 4.69) is 18.7 Å². The van der Waals surface area contributed by atoms with E-state index in [0.717, 1.165) is 19.6 Å². The molecule has 84 valence electrons. The summed E-state index contributed by atoms with van der Waals surface area (Å²) < 4.78 is 5.63. The number of morpholine rings is 1. The third kappa shape index (κ3) is 3.92. The lowest BCUT2D eigenvalue weighted by atomic mass is 10.1. The van der Waals surface area contributed by atoms with Crippen molar-refractivity contribution >= 4 is 0 Å². The van der Waals surface area contributed by atoms with Gasteiger partial charge >= 0.3 is 0 Å². The molecule has 3 N–H and O–H groups in total. The van der Waals surface area contributed by atoms with Crippen molar-refractivity contribution in [3.05, 3.63) is 0 Å². The van der Waals surface area contributed by atoms with E-state index in [1.54, 1.807) is 0 Å². The number of nitrogens with two attached hydrogens (primary N) is 1. The summed E-state index contributed by atoms with van der Waals surface area (Å²) in [7, 11) is 0. The molecule has 0 radical (unpaired) electrons. The van der Waals surface area contributed by atoms with Gasteiger partial charge in [-0.25, -0.2) is 0 Å². The lowest BCUT2D eigenvalue weighted by Gasteiger charge is -2.36. The van der Waals surface area contributed by atoms with Crippen molar-refractivity contribution < 1.29 is 9.84 Å². The maximum Gasteiger partial charge on any atom is 0.0678 e. The smallest absolute Gasteiger partial charge is 0.0678 e. The number of ether oxygens (including phenoxy) is 1. The molecule has 4 heteroatoms. The zero-order valence-corrected chi connectivity index (χ0v) is 9.15. The average Bonchev–Trinajstić information content (AvgIpc) is 2.01. The Morgan fingerprint density at radius 2 is 2.00 bits per heavy atom. The van der Waals surface area contributed by atoms with Gasteiger partial charge in [0.2, 0.25) is 0 Å². The van der Waals surface area contributed by atoms with Gasteiger partial charge in [0.15, 0.2) is 0 Å². The molecule has 1 saturated heterocycles. The van der Waals surface area contributed by atoms with Crippen molar-refractivity contribution in [1.82, 2.24) is 4.90 Å². The fraction of sp³-hybridized carbons (Fsp3) is 1.00. The zero-order chi connectivity index (χ0) is 10.6. The van der Waals surface area contributed by atoms with E-state index in [0.29, 0.717) is 18.6 Å². The third-order valence-corrected chi connectivity index (χ3v) is 2.49. The first kappa shape index (κ1) is 11.9. The highest BCUT2D eigenvalue weighted by molar-refractivity contribution is 4.76. The van der Waals surface area contributed by atoms with Crippen LogP contribution in [0.25, 0.3) is 0 Å². The Morgan fingerprint density at radius 1 is 1.43 bits per heavy atom. The van der Waals surface area contributed by atoms with Gasteiger partial charge in [-0.2, -0.15) is 0 Å². The minimum Gasteiger partial charge on any atom is -0.396 e. The molecule has 0 spiro atoms. The summed E-state index contributed by atoms with van der Waals surface area (Å²) in [6.45, 7) is 7.10. The van der Waals surface area contributed by atoms with Gasteiger partial charge in [-0.15, -0.1) is 0 Å². The standard InChI is InChI=1S/C10H22N2O2/c1-8-5-12(6-9(2)14-8)7-10(11)3-4-13/h8-10,13H,3-7,11H2,1-2H3. The number of aliphatic hydroxyl groups excluding tert-OH is 1. The van der Waals surface area contributed by atoms with Crippen molar-refractivity contribution in [3.63, 3.8) is 0 Å². The van der Waals surface area contributed by atoms with Crippen LogP contribution in [0.4, 0.5) is 0 Å². The van der Waals surface area contributed by atoms with Gasteiger partial charge in [0, 0.05) is 32.3 Å². The van der Waals surface area contributed by atoms with Crippen molar-refractivity contribution in [2.45, 2.75) is 38.5 Å². The van der Waals surface area contributed by atoms with Crippen LogP contribution in [0, 0.1) is 0 Å². The summed E-state index contributed by atoms with van der Waals surface area (Å²) in [4.78, 5) is 2.32. The van der Waals surface area contributed by atoms with Crippen LogP contribution in [0.3, 0.4) is 0 Å². The predicted molar refractivity (Wildman–Crippen MR) is 56.1 cm³/mol. The van der Waals surface area contributed by atoms with E-state index in [1.165, 1.54) is 0 Å². The molecule has 0 bridgehead atoms. The van der Waals surface area contributed by atoms with Crippen molar-refractivity contribution in [2.75, 3.05) is 26.2 Å². The van der Waals surface area contributed by atoms with Gasteiger partial charge in [-0.1, -0.05) is 0 Å². The molecule has 0 aromatic heterocycles. The molecule has 3 unspecified atom stereocenters. The Labute approximate surface area is 86.0 Å². The van der Waals surface area contributed by atoms with Crippen LogP contribution < -0.4 is 5.73 Å². The highest BCUT2D eigenvalue weighted by Crippen LogP contribution is 2.10. The van der Waals surface area contributed by atoms with Crippen molar-refractivity contribution in [2.24, 2.45) is 5.73 Å². The number of hydrogen-bond donors (Lipinski definition) is 2. The van der Waals surface area contributed by atoms with E-state index in [-0.39, 0.29) is 12.6 Å². The summed E-state index contributed by atoms with van der Waals surface area (Å²) in [5.74, 6) is 0. The Balaban J connectivity index is 2.29. The highest BCUT2D eigenvalue weighted by atomic mass is 16.5. The van der Waals surface area contributed by atoms with E-state index >= 15 is 0 Å². The molecule has 1 aliphatic heterocycles. The summed E-state index contributed by atoms with van der Waals surface area (Å²) in [5, 5.41) is 8.75. The lowest BCUT2D eigenvalue weighted by Crippen LogP contribution is -2.49. The summed E-state index contributed by atoms with van der Waals surface area (Å²) in [6.07, 6.45) is 1.26. The first-order chi connectivity index (χ1) is 6.61. The SMILES string of the molecule is CC1CN(CC(N)CCO)CC(C)O1. The summed E-state index contributed by atoms with van der Waals surface area (Å²) in [5.41, 5.74) is 5.86. The van der Waals surface area contributed by atoms with E-state index < -0.39 is 0 Å². The molecule has 0 amide bonds. The lowest BCUT2D eigenvalue weighted by molar-refractivity contribution is -0.0693. The molecule has 4 nitrogen and oxygen atoms in total. The molecule has 3 atom stereocenters. The molecule has 14 heavy (non-hydrogen) atoms. The van der Waals surface area contributed by atoms with Crippen LogP contribution in [-0.2, 0) is 4.74 Å². The molecule has 1 aliphatic rings. The second-order valence-electron chi connectivity index (χ2n) is 4.25. The van der Waals surface area contributed by atoms with Gasteiger partial charge in [-0.05, 0) is 20.3 Å². The molecule has 0 saturated carbocycles. The van der Waals surface area contributed by atoms with E-state index in [1.807, 2.05) is 0 Å². The number of hydrogen-bond acceptors (Lipinski definition) is 4. The van der Waals surface area contributed by atoms with Crippen LogP contribution in [-0.4, -0.2) is 54.5 Å². The molecular formula is C10H22N2O2. The van der Waals surface area contributed by atoms with Crippen LogP contribution in [0.1, 0.15) is 20.3 Å². The van der Waals surface area contributed by atoms with Crippen molar-refractivity contribution in [3.8, 4) is 0 Å². The molecule has 0 aromatic carbocycles. The van der Waals surface area contributed by atoms with Crippen molar-refractivity contribution in [1.29, 1.82) is 0 Å². The fourth-order valence-corrected chi connectivity index (χ4v) is 2.02. The van der Waals surface area contributed by atoms with Crippen LogP contribution in [0.15, 0.2) is 0 Å². The normalized spacial score (nSPS) is 31.7. The van der Waals surface area contributed by atoms with Gasteiger partial charge < -0.3 is 15.6 Å². The number of nitrogens with zero attached hydrogens (tertiary/aromatic N) is 1. The number of rotatable bonds is 4. The van der Waals surface area contributed by atoms with E-state index in [4.69, 9.17) is 15.6 Å².